The molecule has 3 aromatic rings. The highest BCUT2D eigenvalue weighted by Crippen LogP contribution is 2.33. The number of hydrogen-bond acceptors (Lipinski definition) is 4. The first-order valence-corrected chi connectivity index (χ1v) is 11.5. The summed E-state index contributed by atoms with van der Waals surface area (Å²) >= 11 is 6.26. The van der Waals surface area contributed by atoms with Crippen molar-refractivity contribution in [2.75, 3.05) is 29.4 Å². The first-order valence-electron chi connectivity index (χ1n) is 9.71. The summed E-state index contributed by atoms with van der Waals surface area (Å²) in [5.41, 5.74) is 2.17. The molecule has 0 saturated heterocycles. The summed E-state index contributed by atoms with van der Waals surface area (Å²) < 4.78 is 33.2. The molecule has 0 aromatic heterocycles. The standard InChI is InChI=1S/C23H21ClN2O4S/c1-30-22-12-11-18(15-20(22)24)26(31(28,29)19-8-3-2-4-9-19)16-23(27)25-14-13-17-7-5-6-10-21(17)25/h2-12,15H,13-14,16H2,1H3. The van der Waals surface area contributed by atoms with Gasteiger partial charge in [-0.25, -0.2) is 8.42 Å². The number of fused-ring (bicyclic) bond motifs is 1. The molecule has 6 nitrogen and oxygen atoms in total. The van der Waals surface area contributed by atoms with Crippen LogP contribution in [0.5, 0.6) is 5.75 Å². The number of anilines is 2. The third-order valence-corrected chi connectivity index (χ3v) is 7.31. The van der Waals surface area contributed by atoms with Crippen molar-refractivity contribution in [1.82, 2.24) is 0 Å². The SMILES string of the molecule is COc1ccc(N(CC(=O)N2CCc3ccccc32)S(=O)(=O)c2ccccc2)cc1Cl. The zero-order chi connectivity index (χ0) is 22.0. The molecule has 31 heavy (non-hydrogen) atoms. The van der Waals surface area contributed by atoms with Crippen molar-refractivity contribution in [1.29, 1.82) is 0 Å². The molecule has 0 spiro atoms. The monoisotopic (exact) mass is 456 g/mol. The number of sulfonamides is 1. The smallest absolute Gasteiger partial charge is 0.264 e. The molecule has 0 N–H and O–H groups in total. The van der Waals surface area contributed by atoms with E-state index in [1.165, 1.54) is 25.3 Å². The highest BCUT2D eigenvalue weighted by Gasteiger charge is 2.31. The summed E-state index contributed by atoms with van der Waals surface area (Å²) in [4.78, 5) is 15.0. The molecule has 0 unspecified atom stereocenters. The predicted molar refractivity (Wildman–Crippen MR) is 121 cm³/mol. The van der Waals surface area contributed by atoms with Crippen molar-refractivity contribution < 1.29 is 17.9 Å². The van der Waals surface area contributed by atoms with Gasteiger partial charge in [-0.05, 0) is 48.4 Å². The Kier molecular flexibility index (Phi) is 5.89. The first kappa shape index (κ1) is 21.2. The van der Waals surface area contributed by atoms with Crippen molar-refractivity contribution in [2.24, 2.45) is 0 Å². The van der Waals surface area contributed by atoms with Crippen molar-refractivity contribution >= 4 is 38.9 Å². The maximum absolute atomic E-state index is 13.5. The Morgan fingerprint density at radius 3 is 2.48 bits per heavy atom. The molecule has 0 fully saturated rings. The predicted octanol–water partition coefficient (Wildman–Crippen LogP) is 4.13. The topological polar surface area (TPSA) is 66.9 Å². The lowest BCUT2D eigenvalue weighted by molar-refractivity contribution is -0.117. The Balaban J connectivity index is 1.73. The first-order chi connectivity index (χ1) is 14.9. The van der Waals surface area contributed by atoms with Gasteiger partial charge < -0.3 is 9.64 Å². The molecule has 0 saturated carbocycles. The summed E-state index contributed by atoms with van der Waals surface area (Å²) in [6.45, 7) is 0.162. The van der Waals surface area contributed by atoms with Gasteiger partial charge in [0.1, 0.15) is 12.3 Å². The molecule has 1 aliphatic heterocycles. The molecule has 0 radical (unpaired) electrons. The molecule has 160 valence electrons. The number of halogens is 1. The highest BCUT2D eigenvalue weighted by atomic mass is 35.5. The number of ether oxygens (including phenoxy) is 1. The van der Waals surface area contributed by atoms with Crippen molar-refractivity contribution in [3.8, 4) is 5.75 Å². The van der Waals surface area contributed by atoms with Gasteiger partial charge in [0.15, 0.2) is 0 Å². The van der Waals surface area contributed by atoms with Gasteiger partial charge in [-0.15, -0.1) is 0 Å². The Bertz CT molecular complexity index is 1220. The molecule has 0 aliphatic carbocycles. The minimum atomic E-state index is -4.01. The van der Waals surface area contributed by atoms with E-state index in [0.29, 0.717) is 12.3 Å². The summed E-state index contributed by atoms with van der Waals surface area (Å²) in [6.07, 6.45) is 0.738. The lowest BCUT2D eigenvalue weighted by Crippen LogP contribution is -2.42. The average molecular weight is 457 g/mol. The van der Waals surface area contributed by atoms with E-state index >= 15 is 0 Å². The molecular formula is C23H21ClN2O4S. The summed E-state index contributed by atoms with van der Waals surface area (Å²) in [6, 6.07) is 20.3. The quantitative estimate of drug-likeness (QED) is 0.559. The molecule has 4 rings (SSSR count). The van der Waals surface area contributed by atoms with E-state index in [4.69, 9.17) is 16.3 Å². The number of carbonyl (C=O) groups is 1. The summed E-state index contributed by atoms with van der Waals surface area (Å²) in [5, 5.41) is 0.257. The van der Waals surface area contributed by atoms with Gasteiger partial charge in [0.25, 0.3) is 10.0 Å². The van der Waals surface area contributed by atoms with Crippen LogP contribution >= 0.6 is 11.6 Å². The molecule has 0 bridgehead atoms. The fourth-order valence-electron chi connectivity index (χ4n) is 3.65. The van der Waals surface area contributed by atoms with Crippen LogP contribution in [0.1, 0.15) is 5.56 Å². The average Bonchev–Trinajstić information content (AvgIpc) is 3.22. The van der Waals surface area contributed by atoms with Crippen molar-refractivity contribution in [3.05, 3.63) is 83.4 Å². The number of para-hydroxylation sites is 1. The van der Waals surface area contributed by atoms with E-state index in [-0.39, 0.29) is 28.1 Å². The van der Waals surface area contributed by atoms with Gasteiger partial charge in [-0.2, -0.15) is 0 Å². The number of amides is 1. The van der Waals surface area contributed by atoms with Crippen LogP contribution in [0.2, 0.25) is 5.02 Å². The van der Waals surface area contributed by atoms with Crippen LogP contribution in [0.15, 0.2) is 77.7 Å². The number of carbonyl (C=O) groups excluding carboxylic acids is 1. The third-order valence-electron chi connectivity index (χ3n) is 5.22. The van der Waals surface area contributed by atoms with Crippen LogP contribution in [0.25, 0.3) is 0 Å². The lowest BCUT2D eigenvalue weighted by atomic mass is 10.2. The van der Waals surface area contributed by atoms with Crippen LogP contribution in [0.4, 0.5) is 11.4 Å². The maximum atomic E-state index is 13.5. The van der Waals surface area contributed by atoms with Crippen LogP contribution in [-0.4, -0.2) is 34.5 Å². The molecule has 1 heterocycles. The van der Waals surface area contributed by atoms with Crippen LogP contribution in [-0.2, 0) is 21.2 Å². The van der Waals surface area contributed by atoms with E-state index in [0.717, 1.165) is 22.0 Å². The summed E-state index contributed by atoms with van der Waals surface area (Å²) in [7, 11) is -2.53. The second-order valence-electron chi connectivity index (χ2n) is 7.07. The molecule has 8 heteroatoms. The number of rotatable bonds is 6. The van der Waals surface area contributed by atoms with Crippen LogP contribution < -0.4 is 13.9 Å². The summed E-state index contributed by atoms with van der Waals surface area (Å²) in [5.74, 6) is 0.110. The molecule has 1 amide bonds. The molecule has 0 atom stereocenters. The number of nitrogens with zero attached hydrogens (tertiary/aromatic N) is 2. The van der Waals surface area contributed by atoms with Gasteiger partial charge in [0, 0.05) is 12.2 Å². The Morgan fingerprint density at radius 2 is 1.77 bits per heavy atom. The molecule has 3 aromatic carbocycles. The zero-order valence-electron chi connectivity index (χ0n) is 16.9. The van der Waals surface area contributed by atoms with Crippen molar-refractivity contribution in [2.45, 2.75) is 11.3 Å². The van der Waals surface area contributed by atoms with E-state index in [9.17, 15) is 13.2 Å². The van der Waals surface area contributed by atoms with Gasteiger partial charge in [-0.1, -0.05) is 48.0 Å². The fourth-order valence-corrected chi connectivity index (χ4v) is 5.33. The number of methoxy groups -OCH3 is 1. The van der Waals surface area contributed by atoms with Gasteiger partial charge in [0.2, 0.25) is 5.91 Å². The fraction of sp³-hybridized carbons (Fsp3) is 0.174. The van der Waals surface area contributed by atoms with Crippen molar-refractivity contribution in [3.63, 3.8) is 0 Å². The van der Waals surface area contributed by atoms with Crippen LogP contribution in [0, 0.1) is 0 Å². The normalized spacial score (nSPS) is 13.0. The molecular weight excluding hydrogens is 436 g/mol. The van der Waals surface area contributed by atoms with E-state index in [1.54, 1.807) is 35.2 Å². The Labute approximate surface area is 186 Å². The van der Waals surface area contributed by atoms with Gasteiger partial charge in [0.05, 0.1) is 22.7 Å². The number of hydrogen-bond donors (Lipinski definition) is 0. The van der Waals surface area contributed by atoms with E-state index < -0.39 is 10.0 Å². The minimum Gasteiger partial charge on any atom is -0.495 e. The van der Waals surface area contributed by atoms with E-state index in [1.807, 2.05) is 24.3 Å². The Morgan fingerprint density at radius 1 is 1.06 bits per heavy atom. The second-order valence-corrected chi connectivity index (χ2v) is 9.34. The minimum absolute atomic E-state index is 0.0940. The van der Waals surface area contributed by atoms with Crippen LogP contribution in [0.3, 0.4) is 0 Å². The largest absolute Gasteiger partial charge is 0.495 e. The van der Waals surface area contributed by atoms with Gasteiger partial charge >= 0.3 is 0 Å². The second kappa shape index (κ2) is 8.61. The third kappa shape index (κ3) is 4.11. The van der Waals surface area contributed by atoms with E-state index in [2.05, 4.69) is 0 Å². The Hall–Kier alpha value is -3.03. The zero-order valence-corrected chi connectivity index (χ0v) is 18.4. The van der Waals surface area contributed by atoms with Gasteiger partial charge in [-0.3, -0.25) is 9.10 Å². The molecule has 1 aliphatic rings. The highest BCUT2D eigenvalue weighted by molar-refractivity contribution is 7.92. The maximum Gasteiger partial charge on any atom is 0.264 e. The number of benzene rings is 3. The lowest BCUT2D eigenvalue weighted by Gasteiger charge is -2.27.